The van der Waals surface area contributed by atoms with Crippen LogP contribution < -0.4 is 0 Å². The van der Waals surface area contributed by atoms with Gasteiger partial charge in [-0.25, -0.2) is 0 Å². The van der Waals surface area contributed by atoms with E-state index in [1.54, 1.807) is 0 Å². The van der Waals surface area contributed by atoms with Crippen molar-refractivity contribution in [1.29, 1.82) is 0 Å². The molecule has 0 aromatic heterocycles. The van der Waals surface area contributed by atoms with Gasteiger partial charge in [0.1, 0.15) is 18.0 Å². The maximum Gasteiger partial charge on any atom is 0.193 e. The largest absolute Gasteiger partial charge is 0.486 e. The quantitative estimate of drug-likeness (QED) is 0.568. The van der Waals surface area contributed by atoms with Gasteiger partial charge in [0.25, 0.3) is 0 Å². The van der Waals surface area contributed by atoms with Crippen LogP contribution in [0.2, 0.25) is 36.3 Å². The lowest BCUT2D eigenvalue weighted by Crippen LogP contribution is -2.48. The van der Waals surface area contributed by atoms with E-state index in [1.165, 1.54) is 24.3 Å². The van der Waals surface area contributed by atoms with E-state index in [0.717, 1.165) is 0 Å². The zero-order valence-electron chi connectivity index (χ0n) is 20.3. The Morgan fingerprint density at radius 1 is 1.00 bits per heavy atom. The highest BCUT2D eigenvalue weighted by Gasteiger charge is 2.46. The molecule has 1 aliphatic carbocycles. The molecule has 0 unspecified atom stereocenters. The van der Waals surface area contributed by atoms with Crippen molar-refractivity contribution in [2.75, 3.05) is 6.61 Å². The van der Waals surface area contributed by atoms with Gasteiger partial charge in [0.15, 0.2) is 28.0 Å². The van der Waals surface area contributed by atoms with Crippen LogP contribution in [0, 0.1) is 0 Å². The summed E-state index contributed by atoms with van der Waals surface area (Å²) in [7, 11) is -4.05. The van der Waals surface area contributed by atoms with Crippen molar-refractivity contribution in [3.05, 3.63) is 36.1 Å². The summed E-state index contributed by atoms with van der Waals surface area (Å²) < 4.78 is 19.3. The number of ketones is 1. The molecule has 0 amide bonds. The van der Waals surface area contributed by atoms with Crippen molar-refractivity contribution in [3.63, 3.8) is 0 Å². The maximum absolute atomic E-state index is 11.5. The van der Waals surface area contributed by atoms with E-state index in [2.05, 4.69) is 67.7 Å². The summed E-state index contributed by atoms with van der Waals surface area (Å²) in [6, 6.07) is 0. The standard InChI is InChI=1S/C23H40O5Si2/c1-21(2,3)29(7,8)26-16-19-18(28-30(9,10)22(4,5)6)15-20(27-19)23(25)13-11-17(24)12-14-23/h11-15,18-19,25H,16H2,1-10H3/t18-,19+/m0/s1. The average Bonchev–Trinajstić information content (AvgIpc) is 2.97. The van der Waals surface area contributed by atoms with E-state index in [9.17, 15) is 9.90 Å². The SMILES string of the molecule is CC(C)(C)[Si](C)(C)OC[C@H]1OC(C2(O)C=CC(=O)C=C2)=C[C@@H]1O[Si](C)(C)C(C)(C)C. The number of aliphatic hydroxyl groups is 1. The Kier molecular flexibility index (Phi) is 6.88. The number of hydrogen-bond donors (Lipinski definition) is 1. The van der Waals surface area contributed by atoms with Gasteiger partial charge in [-0.15, -0.1) is 0 Å². The molecule has 0 aromatic carbocycles. The predicted octanol–water partition coefficient (Wildman–Crippen LogP) is 5.11. The second kappa shape index (κ2) is 8.17. The molecule has 1 heterocycles. The van der Waals surface area contributed by atoms with Crippen LogP contribution >= 0.6 is 0 Å². The third-order valence-electron chi connectivity index (χ3n) is 7.01. The average molecular weight is 453 g/mol. The van der Waals surface area contributed by atoms with E-state index in [1.807, 2.05) is 6.08 Å². The molecule has 2 atom stereocenters. The minimum Gasteiger partial charge on any atom is -0.486 e. The molecular formula is C23H40O5Si2. The molecule has 0 radical (unpaired) electrons. The highest BCUT2D eigenvalue weighted by atomic mass is 28.4. The summed E-state index contributed by atoms with van der Waals surface area (Å²) in [5, 5.41) is 11.2. The first kappa shape index (κ1) is 25.3. The number of carbonyl (C=O) groups is 1. The molecule has 0 saturated carbocycles. The first-order chi connectivity index (χ1) is 13.4. The van der Waals surface area contributed by atoms with Crippen LogP contribution in [0.4, 0.5) is 0 Å². The van der Waals surface area contributed by atoms with Crippen molar-refractivity contribution in [1.82, 2.24) is 0 Å². The lowest BCUT2D eigenvalue weighted by Gasteiger charge is -2.40. The molecule has 1 aliphatic heterocycles. The van der Waals surface area contributed by atoms with Gasteiger partial charge in [-0.2, -0.15) is 0 Å². The lowest BCUT2D eigenvalue weighted by molar-refractivity contribution is -0.110. The Hall–Kier alpha value is -0.996. The van der Waals surface area contributed by atoms with E-state index >= 15 is 0 Å². The van der Waals surface area contributed by atoms with Gasteiger partial charge in [-0.05, 0) is 66.6 Å². The van der Waals surface area contributed by atoms with Crippen LogP contribution in [-0.2, 0) is 18.4 Å². The summed E-state index contributed by atoms with van der Waals surface area (Å²) in [6.07, 6.45) is 6.90. The fourth-order valence-electron chi connectivity index (χ4n) is 2.71. The summed E-state index contributed by atoms with van der Waals surface area (Å²) in [5.74, 6) is 0.250. The maximum atomic E-state index is 11.5. The molecule has 30 heavy (non-hydrogen) atoms. The van der Waals surface area contributed by atoms with Crippen molar-refractivity contribution in [3.8, 4) is 0 Å². The predicted molar refractivity (Wildman–Crippen MR) is 126 cm³/mol. The fraction of sp³-hybridized carbons (Fsp3) is 0.696. The van der Waals surface area contributed by atoms with Crippen LogP contribution in [0.15, 0.2) is 36.1 Å². The van der Waals surface area contributed by atoms with Crippen LogP contribution in [0.25, 0.3) is 0 Å². The molecule has 0 aromatic rings. The molecular weight excluding hydrogens is 412 g/mol. The van der Waals surface area contributed by atoms with Crippen LogP contribution in [0.5, 0.6) is 0 Å². The zero-order valence-corrected chi connectivity index (χ0v) is 22.3. The fourth-order valence-corrected chi connectivity index (χ4v) is 4.98. The minimum atomic E-state index is -2.08. The third kappa shape index (κ3) is 5.43. The third-order valence-corrected chi connectivity index (χ3v) is 16.0. The molecule has 7 heteroatoms. The molecule has 2 rings (SSSR count). The van der Waals surface area contributed by atoms with E-state index < -0.39 is 22.2 Å². The second-order valence-corrected chi connectivity index (χ2v) is 21.1. The van der Waals surface area contributed by atoms with E-state index in [4.69, 9.17) is 13.6 Å². The molecule has 5 nitrogen and oxygen atoms in total. The van der Waals surface area contributed by atoms with Gasteiger partial charge >= 0.3 is 0 Å². The van der Waals surface area contributed by atoms with Crippen LogP contribution in [-0.4, -0.2) is 51.9 Å². The molecule has 0 bridgehead atoms. The summed E-state index contributed by atoms with van der Waals surface area (Å²) in [5.41, 5.74) is -1.44. The van der Waals surface area contributed by atoms with Crippen LogP contribution in [0.3, 0.4) is 0 Å². The molecule has 1 N–H and O–H groups in total. The first-order valence-electron chi connectivity index (χ1n) is 10.7. The van der Waals surface area contributed by atoms with Gasteiger partial charge in [-0.1, -0.05) is 41.5 Å². The van der Waals surface area contributed by atoms with Crippen LogP contribution in [0.1, 0.15) is 41.5 Å². The van der Waals surface area contributed by atoms with Gasteiger partial charge in [0.2, 0.25) is 0 Å². The van der Waals surface area contributed by atoms with E-state index in [-0.39, 0.29) is 28.1 Å². The summed E-state index contributed by atoms with van der Waals surface area (Å²) >= 11 is 0. The molecule has 0 saturated heterocycles. The van der Waals surface area contributed by atoms with E-state index in [0.29, 0.717) is 12.4 Å². The smallest absolute Gasteiger partial charge is 0.193 e. The van der Waals surface area contributed by atoms with Gasteiger partial charge in [0, 0.05) is 0 Å². The number of hydrogen-bond acceptors (Lipinski definition) is 5. The zero-order chi connectivity index (χ0) is 23.2. The van der Waals surface area contributed by atoms with Gasteiger partial charge in [0.05, 0.1) is 6.61 Å². The van der Waals surface area contributed by atoms with Crippen molar-refractivity contribution >= 4 is 22.4 Å². The van der Waals surface area contributed by atoms with Crippen molar-refractivity contribution in [2.24, 2.45) is 0 Å². The Morgan fingerprint density at radius 3 is 1.97 bits per heavy atom. The lowest BCUT2D eigenvalue weighted by atomic mass is 9.95. The highest BCUT2D eigenvalue weighted by molar-refractivity contribution is 6.74. The summed E-state index contributed by atoms with van der Waals surface area (Å²) in [6.45, 7) is 22.5. The summed E-state index contributed by atoms with van der Waals surface area (Å²) in [4.78, 5) is 11.5. The van der Waals surface area contributed by atoms with Crippen molar-refractivity contribution < 1.29 is 23.5 Å². The topological polar surface area (TPSA) is 65.0 Å². The molecule has 2 aliphatic rings. The molecule has 170 valence electrons. The Balaban J connectivity index is 2.28. The first-order valence-corrected chi connectivity index (χ1v) is 16.6. The Labute approximate surface area is 184 Å². The second-order valence-electron chi connectivity index (χ2n) is 11.5. The number of ether oxygens (including phenoxy) is 1. The van der Waals surface area contributed by atoms with Crippen molar-refractivity contribution in [2.45, 2.75) is 95.6 Å². The number of rotatable bonds is 6. The monoisotopic (exact) mass is 452 g/mol. The highest BCUT2D eigenvalue weighted by Crippen LogP contribution is 2.42. The normalized spacial score (nSPS) is 24.8. The van der Waals surface area contributed by atoms with Gasteiger partial charge in [-0.3, -0.25) is 4.79 Å². The minimum absolute atomic E-state index is 0.0440. The molecule has 0 spiro atoms. The molecule has 0 fully saturated rings. The Morgan fingerprint density at radius 2 is 1.50 bits per heavy atom. The number of carbonyl (C=O) groups excluding carboxylic acids is 1. The number of allylic oxidation sites excluding steroid dienone is 2. The Bertz CT molecular complexity index is 735. The van der Waals surface area contributed by atoms with Gasteiger partial charge < -0.3 is 18.7 Å².